The van der Waals surface area contributed by atoms with Crippen LogP contribution >= 0.6 is 0 Å². The topological polar surface area (TPSA) is 96.5 Å². The monoisotopic (exact) mass is 541 g/mol. The van der Waals surface area contributed by atoms with Crippen LogP contribution in [0.2, 0.25) is 0 Å². The average Bonchev–Trinajstić information content (AvgIpc) is 2.94. The molecule has 0 aliphatic rings. The fourth-order valence-corrected chi connectivity index (χ4v) is 4.47. The Morgan fingerprint density at radius 3 is 1.73 bits per heavy atom. The Hall–Kier alpha value is -4.39. The van der Waals surface area contributed by atoms with Crippen LogP contribution in [-0.4, -0.2) is 36.1 Å². The van der Waals surface area contributed by atoms with Gasteiger partial charge in [0.1, 0.15) is 17.2 Å². The fourth-order valence-electron chi connectivity index (χ4n) is 4.47. The summed E-state index contributed by atoms with van der Waals surface area (Å²) in [5.74, 6) is -0.881. The minimum Gasteiger partial charge on any atom is -0.444 e. The first kappa shape index (κ1) is 30.2. The molecule has 0 fully saturated rings. The van der Waals surface area contributed by atoms with Crippen molar-refractivity contribution in [1.82, 2.24) is 16.0 Å². The molecule has 7 heteroatoms. The average molecular weight is 542 g/mol. The van der Waals surface area contributed by atoms with Crippen LogP contribution in [0.4, 0.5) is 4.79 Å². The maximum absolute atomic E-state index is 13.8. The van der Waals surface area contributed by atoms with Gasteiger partial charge in [0.15, 0.2) is 0 Å². The van der Waals surface area contributed by atoms with Crippen molar-refractivity contribution in [2.75, 3.05) is 6.54 Å². The molecule has 0 heterocycles. The van der Waals surface area contributed by atoms with Gasteiger partial charge in [0.2, 0.25) is 11.8 Å². The van der Waals surface area contributed by atoms with Crippen LogP contribution in [-0.2, 0) is 19.9 Å². The second-order valence-electron chi connectivity index (χ2n) is 10.5. The van der Waals surface area contributed by atoms with Crippen LogP contribution in [0.5, 0.6) is 0 Å². The molecule has 3 amide bonds. The van der Waals surface area contributed by atoms with Crippen LogP contribution in [0.3, 0.4) is 0 Å². The van der Waals surface area contributed by atoms with E-state index in [2.05, 4.69) is 22.5 Å². The number of carbonyl (C=O) groups is 3. The van der Waals surface area contributed by atoms with E-state index in [4.69, 9.17) is 4.74 Å². The SMILES string of the molecule is C=CCCCNC(=O)[C@H](CC(=O)NC(c1ccccc1)(c1ccccc1)c1ccccc1)NC(=O)OC(C)(C)C. The van der Waals surface area contributed by atoms with E-state index in [-0.39, 0.29) is 6.42 Å². The van der Waals surface area contributed by atoms with Crippen LogP contribution in [0.1, 0.15) is 56.7 Å². The van der Waals surface area contributed by atoms with E-state index < -0.39 is 35.1 Å². The molecule has 0 saturated carbocycles. The highest BCUT2D eigenvalue weighted by Crippen LogP contribution is 2.36. The van der Waals surface area contributed by atoms with Crippen molar-refractivity contribution in [2.45, 2.75) is 57.2 Å². The van der Waals surface area contributed by atoms with E-state index in [1.54, 1.807) is 26.8 Å². The third kappa shape index (κ3) is 8.30. The maximum atomic E-state index is 13.8. The molecule has 1 atom stereocenters. The third-order valence-electron chi connectivity index (χ3n) is 6.23. The molecule has 0 aromatic heterocycles. The molecule has 0 bridgehead atoms. The van der Waals surface area contributed by atoms with Gasteiger partial charge in [0, 0.05) is 6.54 Å². The molecule has 7 nitrogen and oxygen atoms in total. The number of ether oxygens (including phenoxy) is 1. The van der Waals surface area contributed by atoms with Gasteiger partial charge in [-0.15, -0.1) is 6.58 Å². The van der Waals surface area contributed by atoms with Crippen molar-refractivity contribution in [3.05, 3.63) is 120 Å². The zero-order valence-corrected chi connectivity index (χ0v) is 23.5. The zero-order chi connectivity index (χ0) is 29.0. The van der Waals surface area contributed by atoms with Gasteiger partial charge < -0.3 is 20.7 Å². The number of carbonyl (C=O) groups excluding carboxylic acids is 3. The molecule has 3 aromatic carbocycles. The molecule has 0 spiro atoms. The van der Waals surface area contributed by atoms with Crippen LogP contribution in [0.15, 0.2) is 104 Å². The number of hydrogen-bond donors (Lipinski definition) is 3. The molecule has 0 aliphatic carbocycles. The predicted octanol–water partition coefficient (Wildman–Crippen LogP) is 5.46. The summed E-state index contributed by atoms with van der Waals surface area (Å²) in [5, 5.41) is 8.65. The van der Waals surface area contributed by atoms with E-state index in [9.17, 15) is 14.4 Å². The van der Waals surface area contributed by atoms with Gasteiger partial charge in [0.25, 0.3) is 0 Å². The van der Waals surface area contributed by atoms with E-state index in [0.717, 1.165) is 23.1 Å². The van der Waals surface area contributed by atoms with E-state index in [1.807, 2.05) is 91.0 Å². The van der Waals surface area contributed by atoms with Crippen molar-refractivity contribution in [1.29, 1.82) is 0 Å². The van der Waals surface area contributed by atoms with Gasteiger partial charge in [-0.05, 0) is 50.3 Å². The number of nitrogens with one attached hydrogen (secondary N) is 3. The molecular formula is C33H39N3O4. The molecule has 40 heavy (non-hydrogen) atoms. The Labute approximate surface area is 237 Å². The summed E-state index contributed by atoms with van der Waals surface area (Å²) in [5.41, 5.74) is 0.752. The summed E-state index contributed by atoms with van der Waals surface area (Å²) < 4.78 is 5.38. The summed E-state index contributed by atoms with van der Waals surface area (Å²) in [7, 11) is 0. The largest absolute Gasteiger partial charge is 0.444 e. The number of unbranched alkanes of at least 4 members (excludes halogenated alkanes) is 1. The molecule has 0 saturated heterocycles. The molecule has 3 N–H and O–H groups in total. The number of amides is 3. The van der Waals surface area contributed by atoms with Crippen LogP contribution < -0.4 is 16.0 Å². The van der Waals surface area contributed by atoms with Crippen molar-refractivity contribution in [3.63, 3.8) is 0 Å². The lowest BCUT2D eigenvalue weighted by atomic mass is 9.77. The highest BCUT2D eigenvalue weighted by molar-refractivity contribution is 5.91. The highest BCUT2D eigenvalue weighted by atomic mass is 16.6. The van der Waals surface area contributed by atoms with E-state index in [0.29, 0.717) is 13.0 Å². The Kier molecular flexibility index (Phi) is 10.6. The van der Waals surface area contributed by atoms with Crippen molar-refractivity contribution < 1.29 is 19.1 Å². The van der Waals surface area contributed by atoms with Gasteiger partial charge in [-0.2, -0.15) is 0 Å². The van der Waals surface area contributed by atoms with Crippen molar-refractivity contribution >= 4 is 17.9 Å². The third-order valence-corrected chi connectivity index (χ3v) is 6.23. The first-order chi connectivity index (χ1) is 19.2. The normalized spacial score (nSPS) is 12.1. The Bertz CT molecular complexity index is 1160. The summed E-state index contributed by atoms with van der Waals surface area (Å²) in [6, 6.07) is 27.9. The molecular weight excluding hydrogens is 502 g/mol. The van der Waals surface area contributed by atoms with Crippen LogP contribution in [0, 0.1) is 0 Å². The summed E-state index contributed by atoms with van der Waals surface area (Å²) in [6.07, 6.45) is 2.14. The van der Waals surface area contributed by atoms with E-state index >= 15 is 0 Å². The molecule has 0 aliphatic heterocycles. The van der Waals surface area contributed by atoms with Crippen molar-refractivity contribution in [2.24, 2.45) is 0 Å². The minimum absolute atomic E-state index is 0.291. The first-order valence-corrected chi connectivity index (χ1v) is 13.5. The van der Waals surface area contributed by atoms with Crippen molar-refractivity contribution in [3.8, 4) is 0 Å². The number of alkyl carbamates (subject to hydrolysis) is 1. The smallest absolute Gasteiger partial charge is 0.408 e. The summed E-state index contributed by atoms with van der Waals surface area (Å²) >= 11 is 0. The number of allylic oxidation sites excluding steroid dienone is 1. The predicted molar refractivity (Wildman–Crippen MR) is 158 cm³/mol. The Balaban J connectivity index is 1.97. The maximum Gasteiger partial charge on any atom is 0.408 e. The summed E-state index contributed by atoms with van der Waals surface area (Å²) in [6.45, 7) is 9.29. The number of hydrogen-bond acceptors (Lipinski definition) is 4. The standard InChI is InChI=1S/C33H39N3O4/c1-5-6-16-23-34-30(38)28(35-31(39)40-32(2,3)4)24-29(37)36-33(25-17-10-7-11-18-25,26-19-12-8-13-20-26)27-21-14-9-15-22-27/h5,7-15,17-22,28H,1,6,16,23-24H2,2-4H3,(H,34,38)(H,35,39)(H,36,37)/t28-/m0/s1. The van der Waals surface area contributed by atoms with Gasteiger partial charge in [-0.25, -0.2) is 4.79 Å². The minimum atomic E-state index is -1.14. The summed E-state index contributed by atoms with van der Waals surface area (Å²) in [4.78, 5) is 39.6. The van der Waals surface area contributed by atoms with Crippen LogP contribution in [0.25, 0.3) is 0 Å². The molecule has 210 valence electrons. The van der Waals surface area contributed by atoms with E-state index in [1.165, 1.54) is 0 Å². The molecule has 0 unspecified atom stereocenters. The quantitative estimate of drug-likeness (QED) is 0.161. The highest BCUT2D eigenvalue weighted by Gasteiger charge is 2.39. The Morgan fingerprint density at radius 1 is 0.825 bits per heavy atom. The number of rotatable bonds is 12. The molecule has 3 aromatic rings. The lowest BCUT2D eigenvalue weighted by Crippen LogP contribution is -2.53. The first-order valence-electron chi connectivity index (χ1n) is 13.5. The van der Waals surface area contributed by atoms with Gasteiger partial charge in [-0.1, -0.05) is 97.1 Å². The second-order valence-corrected chi connectivity index (χ2v) is 10.5. The molecule has 0 radical (unpaired) electrons. The van der Waals surface area contributed by atoms with Gasteiger partial charge in [-0.3, -0.25) is 9.59 Å². The second kappa shape index (κ2) is 14.1. The fraction of sp³-hybridized carbons (Fsp3) is 0.303. The zero-order valence-electron chi connectivity index (χ0n) is 23.5. The molecule has 3 rings (SSSR count). The van der Waals surface area contributed by atoms with Gasteiger partial charge >= 0.3 is 6.09 Å². The number of benzene rings is 3. The lowest BCUT2D eigenvalue weighted by molar-refractivity contribution is -0.129. The Morgan fingerprint density at radius 2 is 1.30 bits per heavy atom. The lowest BCUT2D eigenvalue weighted by Gasteiger charge is -2.37. The van der Waals surface area contributed by atoms with Gasteiger partial charge in [0.05, 0.1) is 6.42 Å².